The number of hydrogen-bond donors (Lipinski definition) is 1. The van der Waals surface area contributed by atoms with Crippen LogP contribution >= 0.6 is 24.0 Å². The van der Waals surface area contributed by atoms with Crippen LogP contribution in [0.25, 0.3) is 0 Å². The lowest BCUT2D eigenvalue weighted by Gasteiger charge is -2.32. The number of fused-ring (bicyclic) bond motifs is 1. The van der Waals surface area contributed by atoms with Crippen molar-refractivity contribution in [1.29, 1.82) is 0 Å². The van der Waals surface area contributed by atoms with Crippen LogP contribution in [-0.2, 0) is 25.9 Å². The van der Waals surface area contributed by atoms with E-state index in [0.29, 0.717) is 6.54 Å². The molecule has 2 heterocycles. The maximum atomic E-state index is 5.47. The molecule has 0 atom stereocenters. The number of nitrogens with one attached hydrogen (secondary N) is 1. The van der Waals surface area contributed by atoms with Gasteiger partial charge in [-0.15, -0.1) is 34.2 Å². The SMILES string of the molecule is CCNC(=NCCn1cnnc1CC)N1CCc2cc(OC)c(OC)cc2C1.I. The molecule has 3 rings (SSSR count). The average molecular weight is 514 g/mol. The summed E-state index contributed by atoms with van der Waals surface area (Å²) in [6, 6.07) is 4.17. The van der Waals surface area contributed by atoms with Crippen LogP contribution in [0.5, 0.6) is 11.5 Å². The minimum absolute atomic E-state index is 0. The van der Waals surface area contributed by atoms with Gasteiger partial charge in [-0.1, -0.05) is 6.92 Å². The second-order valence-corrected chi connectivity index (χ2v) is 6.68. The molecule has 1 aliphatic rings. The molecule has 1 N–H and O–H groups in total. The monoisotopic (exact) mass is 514 g/mol. The molecule has 160 valence electrons. The fourth-order valence-electron chi connectivity index (χ4n) is 3.49. The normalized spacial score (nSPS) is 13.5. The van der Waals surface area contributed by atoms with Gasteiger partial charge in [0.25, 0.3) is 0 Å². The Morgan fingerprint density at radius 2 is 1.90 bits per heavy atom. The first kappa shape index (κ1) is 23.2. The van der Waals surface area contributed by atoms with E-state index in [-0.39, 0.29) is 24.0 Å². The third-order valence-electron chi connectivity index (χ3n) is 4.97. The molecule has 0 spiro atoms. The van der Waals surface area contributed by atoms with Gasteiger partial charge in [-0.05, 0) is 36.6 Å². The van der Waals surface area contributed by atoms with Crippen molar-refractivity contribution >= 4 is 29.9 Å². The van der Waals surface area contributed by atoms with Crippen molar-refractivity contribution in [3.8, 4) is 11.5 Å². The molecule has 0 saturated carbocycles. The quantitative estimate of drug-likeness (QED) is 0.348. The second-order valence-electron chi connectivity index (χ2n) is 6.68. The number of rotatable bonds is 7. The number of nitrogens with zero attached hydrogens (tertiary/aromatic N) is 5. The fourth-order valence-corrected chi connectivity index (χ4v) is 3.49. The predicted octanol–water partition coefficient (Wildman–Crippen LogP) is 2.50. The Kier molecular flexibility index (Phi) is 8.99. The number of methoxy groups -OCH3 is 2. The van der Waals surface area contributed by atoms with Crippen LogP contribution in [0.15, 0.2) is 23.5 Å². The third-order valence-corrected chi connectivity index (χ3v) is 4.97. The molecule has 0 unspecified atom stereocenters. The molecule has 0 fully saturated rings. The van der Waals surface area contributed by atoms with Gasteiger partial charge < -0.3 is 24.3 Å². The van der Waals surface area contributed by atoms with Crippen molar-refractivity contribution in [2.45, 2.75) is 39.8 Å². The van der Waals surface area contributed by atoms with Gasteiger partial charge in [0.2, 0.25) is 0 Å². The van der Waals surface area contributed by atoms with E-state index in [1.165, 1.54) is 11.1 Å². The van der Waals surface area contributed by atoms with Gasteiger partial charge in [-0.3, -0.25) is 4.99 Å². The molecule has 1 aliphatic heterocycles. The first-order chi connectivity index (χ1) is 13.7. The highest BCUT2D eigenvalue weighted by Crippen LogP contribution is 2.33. The number of aromatic nitrogens is 3. The number of ether oxygens (including phenoxy) is 2. The Bertz CT molecular complexity index is 823. The summed E-state index contributed by atoms with van der Waals surface area (Å²) in [7, 11) is 3.35. The van der Waals surface area contributed by atoms with E-state index >= 15 is 0 Å². The summed E-state index contributed by atoms with van der Waals surface area (Å²) in [5.41, 5.74) is 2.56. The molecule has 0 aliphatic carbocycles. The topological polar surface area (TPSA) is 76.8 Å². The van der Waals surface area contributed by atoms with Crippen molar-refractivity contribution in [3.63, 3.8) is 0 Å². The van der Waals surface area contributed by atoms with Crippen LogP contribution in [-0.4, -0.2) is 59.5 Å². The summed E-state index contributed by atoms with van der Waals surface area (Å²) in [5.74, 6) is 3.49. The molecule has 0 saturated heterocycles. The molecule has 2 aromatic rings. The number of aryl methyl sites for hydroxylation is 1. The van der Waals surface area contributed by atoms with E-state index in [4.69, 9.17) is 14.5 Å². The first-order valence-electron chi connectivity index (χ1n) is 9.83. The van der Waals surface area contributed by atoms with Gasteiger partial charge in [0.1, 0.15) is 12.2 Å². The van der Waals surface area contributed by atoms with Crippen LogP contribution in [0.4, 0.5) is 0 Å². The highest BCUT2D eigenvalue weighted by atomic mass is 127. The number of hydrogen-bond acceptors (Lipinski definition) is 5. The first-order valence-corrected chi connectivity index (χ1v) is 9.83. The van der Waals surface area contributed by atoms with Crippen LogP contribution in [0.1, 0.15) is 30.8 Å². The van der Waals surface area contributed by atoms with Gasteiger partial charge in [0, 0.05) is 32.6 Å². The lowest BCUT2D eigenvalue weighted by molar-refractivity contribution is 0.346. The van der Waals surface area contributed by atoms with Crippen LogP contribution in [0.3, 0.4) is 0 Å². The number of halogens is 1. The zero-order valence-electron chi connectivity index (χ0n) is 17.6. The van der Waals surface area contributed by atoms with Crippen molar-refractivity contribution in [2.24, 2.45) is 4.99 Å². The van der Waals surface area contributed by atoms with Gasteiger partial charge in [0.05, 0.1) is 20.8 Å². The molecule has 9 heteroatoms. The molecule has 0 amide bonds. The summed E-state index contributed by atoms with van der Waals surface area (Å²) in [5, 5.41) is 11.5. The maximum Gasteiger partial charge on any atom is 0.194 e. The average Bonchev–Trinajstić information content (AvgIpc) is 3.19. The fraction of sp³-hybridized carbons (Fsp3) is 0.550. The molecule has 29 heavy (non-hydrogen) atoms. The van der Waals surface area contributed by atoms with E-state index in [9.17, 15) is 0 Å². The number of benzene rings is 1. The summed E-state index contributed by atoms with van der Waals surface area (Å²) in [6.07, 6.45) is 3.60. The maximum absolute atomic E-state index is 5.47. The lowest BCUT2D eigenvalue weighted by Crippen LogP contribution is -2.44. The molecule has 1 aromatic heterocycles. The van der Waals surface area contributed by atoms with Gasteiger partial charge in [0.15, 0.2) is 17.5 Å². The molecule has 0 bridgehead atoms. The van der Waals surface area contributed by atoms with E-state index in [2.05, 4.69) is 51.0 Å². The largest absolute Gasteiger partial charge is 0.493 e. The van der Waals surface area contributed by atoms with Crippen LogP contribution < -0.4 is 14.8 Å². The predicted molar refractivity (Wildman–Crippen MR) is 124 cm³/mol. The zero-order chi connectivity index (χ0) is 19.9. The minimum atomic E-state index is 0. The molecule has 1 aromatic carbocycles. The van der Waals surface area contributed by atoms with Crippen molar-refractivity contribution in [1.82, 2.24) is 25.0 Å². The number of aliphatic imine (C=N–C) groups is 1. The highest BCUT2D eigenvalue weighted by molar-refractivity contribution is 14.0. The van der Waals surface area contributed by atoms with Crippen molar-refractivity contribution in [3.05, 3.63) is 35.4 Å². The van der Waals surface area contributed by atoms with E-state index in [1.807, 2.05) is 0 Å². The zero-order valence-corrected chi connectivity index (χ0v) is 20.0. The summed E-state index contributed by atoms with van der Waals surface area (Å²) < 4.78 is 13.0. The molecular formula is C20H31IN6O2. The number of guanidine groups is 1. The van der Waals surface area contributed by atoms with Gasteiger partial charge >= 0.3 is 0 Å². The Labute approximate surface area is 189 Å². The minimum Gasteiger partial charge on any atom is -0.493 e. The van der Waals surface area contributed by atoms with Crippen molar-refractivity contribution in [2.75, 3.05) is 33.9 Å². The second kappa shape index (κ2) is 11.2. The summed E-state index contributed by atoms with van der Waals surface area (Å²) in [4.78, 5) is 7.13. The van der Waals surface area contributed by atoms with Gasteiger partial charge in [-0.2, -0.15) is 0 Å². The van der Waals surface area contributed by atoms with Gasteiger partial charge in [-0.25, -0.2) is 0 Å². The molecular weight excluding hydrogens is 483 g/mol. The Hall–Kier alpha value is -2.04. The molecule has 8 nitrogen and oxygen atoms in total. The van der Waals surface area contributed by atoms with E-state index < -0.39 is 0 Å². The highest BCUT2D eigenvalue weighted by Gasteiger charge is 2.21. The Morgan fingerprint density at radius 1 is 1.17 bits per heavy atom. The lowest BCUT2D eigenvalue weighted by atomic mass is 9.99. The van der Waals surface area contributed by atoms with E-state index in [0.717, 1.165) is 62.3 Å². The van der Waals surface area contributed by atoms with Crippen LogP contribution in [0.2, 0.25) is 0 Å². The van der Waals surface area contributed by atoms with Crippen LogP contribution in [0, 0.1) is 0 Å². The Balaban J connectivity index is 0.00000300. The standard InChI is InChI=1S/C20H30N6O2.HI/c1-5-19-24-23-14-26(19)10-8-22-20(21-6-2)25-9-7-15-11-17(27-3)18(28-4)12-16(15)13-25;/h11-12,14H,5-10,13H2,1-4H3,(H,21,22);1H. The Morgan fingerprint density at radius 3 is 2.55 bits per heavy atom. The third kappa shape index (κ3) is 5.52. The summed E-state index contributed by atoms with van der Waals surface area (Å²) in [6.45, 7) is 8.19. The molecule has 0 radical (unpaired) electrons. The van der Waals surface area contributed by atoms with Crippen molar-refractivity contribution < 1.29 is 9.47 Å². The van der Waals surface area contributed by atoms with E-state index in [1.54, 1.807) is 20.5 Å². The summed E-state index contributed by atoms with van der Waals surface area (Å²) >= 11 is 0. The smallest absolute Gasteiger partial charge is 0.194 e.